The Hall–Kier alpha value is -4.82. The van der Waals surface area contributed by atoms with Gasteiger partial charge in [-0.2, -0.15) is 0 Å². The van der Waals surface area contributed by atoms with Crippen LogP contribution in [0.1, 0.15) is 25.5 Å². The molecule has 2 aromatic heterocycles. The van der Waals surface area contributed by atoms with Crippen molar-refractivity contribution in [1.82, 2.24) is 9.13 Å². The van der Waals surface area contributed by atoms with Gasteiger partial charge in [-0.3, -0.25) is 0 Å². The summed E-state index contributed by atoms with van der Waals surface area (Å²) in [6.07, 6.45) is 6.74. The molecule has 188 valence electrons. The number of hydrogen-bond donors (Lipinski definition) is 0. The second-order valence-corrected chi connectivity index (χ2v) is 10.3. The lowest BCUT2D eigenvalue weighted by Gasteiger charge is -2.13. The molecule has 0 unspecified atom stereocenters. The highest BCUT2D eigenvalue weighted by Crippen LogP contribution is 2.34. The number of aromatic nitrogens is 2. The number of para-hydroxylation sites is 4. The van der Waals surface area contributed by atoms with Crippen molar-refractivity contribution in [2.45, 2.75) is 19.9 Å². The average molecular weight is 503 g/mol. The van der Waals surface area contributed by atoms with E-state index in [-0.39, 0.29) is 6.04 Å². The largest absolute Gasteiger partial charge is 0.334 e. The molecule has 1 atom stereocenters. The molecule has 0 saturated heterocycles. The van der Waals surface area contributed by atoms with Crippen LogP contribution in [0, 0.1) is 0 Å². The number of rotatable bonds is 5. The Morgan fingerprint density at radius 2 is 1.13 bits per heavy atom. The zero-order valence-corrected chi connectivity index (χ0v) is 22.3. The van der Waals surface area contributed by atoms with Crippen LogP contribution in [0.5, 0.6) is 0 Å². The summed E-state index contributed by atoms with van der Waals surface area (Å²) < 4.78 is 4.80. The zero-order valence-electron chi connectivity index (χ0n) is 22.3. The minimum absolute atomic E-state index is 0.227. The van der Waals surface area contributed by atoms with Gasteiger partial charge in [0.25, 0.3) is 0 Å². The summed E-state index contributed by atoms with van der Waals surface area (Å²) in [5, 5.41) is 5.18. The first kappa shape index (κ1) is 23.3. The summed E-state index contributed by atoms with van der Waals surface area (Å²) in [4.78, 5) is 0. The second kappa shape index (κ2) is 9.49. The van der Waals surface area contributed by atoms with Gasteiger partial charge in [-0.1, -0.05) is 97.1 Å². The Bertz CT molecular complexity index is 1980. The molecule has 5 aromatic carbocycles. The molecule has 0 aliphatic heterocycles. The summed E-state index contributed by atoms with van der Waals surface area (Å²) in [7, 11) is 0. The van der Waals surface area contributed by atoms with Crippen LogP contribution in [0.15, 0.2) is 140 Å². The smallest absolute Gasteiger partial charge is 0.0541 e. The summed E-state index contributed by atoms with van der Waals surface area (Å²) in [6, 6.07) is 43.8. The average Bonchev–Trinajstić information content (AvgIpc) is 3.50. The van der Waals surface area contributed by atoms with Gasteiger partial charge in [0.2, 0.25) is 0 Å². The minimum Gasteiger partial charge on any atom is -0.334 e. The van der Waals surface area contributed by atoms with Crippen molar-refractivity contribution in [3.8, 4) is 5.69 Å². The molecule has 7 rings (SSSR count). The normalized spacial score (nSPS) is 13.3. The van der Waals surface area contributed by atoms with Crippen LogP contribution in [-0.4, -0.2) is 9.13 Å². The lowest BCUT2D eigenvalue weighted by atomic mass is 10.0. The van der Waals surface area contributed by atoms with Crippen LogP contribution in [-0.2, 0) is 0 Å². The topological polar surface area (TPSA) is 9.86 Å². The molecule has 0 fully saturated rings. The Morgan fingerprint density at radius 1 is 0.590 bits per heavy atom. The molecule has 0 radical (unpaired) electrons. The third-order valence-electron chi connectivity index (χ3n) is 7.90. The van der Waals surface area contributed by atoms with Crippen LogP contribution < -0.4 is 0 Å². The number of fused-ring (bicyclic) bond motifs is 6. The number of benzene rings is 5. The van der Waals surface area contributed by atoms with Crippen LogP contribution in [0.25, 0.3) is 54.9 Å². The molecule has 0 saturated carbocycles. The second-order valence-electron chi connectivity index (χ2n) is 10.3. The molecule has 39 heavy (non-hydrogen) atoms. The molecular formula is C37H30N2. The summed E-state index contributed by atoms with van der Waals surface area (Å²) in [5.41, 5.74) is 8.69. The number of nitrogens with zero attached hydrogens (tertiary/aromatic N) is 2. The van der Waals surface area contributed by atoms with E-state index >= 15 is 0 Å². The van der Waals surface area contributed by atoms with E-state index in [1.165, 1.54) is 60.4 Å². The van der Waals surface area contributed by atoms with Gasteiger partial charge >= 0.3 is 0 Å². The van der Waals surface area contributed by atoms with Gasteiger partial charge in [-0.15, -0.1) is 0 Å². The van der Waals surface area contributed by atoms with Crippen molar-refractivity contribution in [1.29, 1.82) is 0 Å². The highest BCUT2D eigenvalue weighted by atomic mass is 15.0. The Labute approximate surface area is 228 Å². The van der Waals surface area contributed by atoms with E-state index in [0.29, 0.717) is 0 Å². The maximum atomic E-state index is 2.44. The molecule has 0 aliphatic rings. The minimum atomic E-state index is 0.227. The van der Waals surface area contributed by atoms with Gasteiger partial charge in [-0.25, -0.2) is 0 Å². The van der Waals surface area contributed by atoms with Gasteiger partial charge in [-0.05, 0) is 67.4 Å². The number of allylic oxidation sites excluding steroid dienone is 4. The van der Waals surface area contributed by atoms with Gasteiger partial charge in [0.05, 0.1) is 11.0 Å². The molecule has 0 amide bonds. The third-order valence-corrected chi connectivity index (χ3v) is 7.90. The Kier molecular flexibility index (Phi) is 5.67. The van der Waals surface area contributed by atoms with Gasteiger partial charge in [0.1, 0.15) is 0 Å². The molecule has 0 bridgehead atoms. The quantitative estimate of drug-likeness (QED) is 0.207. The van der Waals surface area contributed by atoms with Gasteiger partial charge < -0.3 is 9.13 Å². The van der Waals surface area contributed by atoms with Crippen molar-refractivity contribution in [2.75, 3.05) is 0 Å². The van der Waals surface area contributed by atoms with Crippen molar-refractivity contribution in [3.05, 3.63) is 145 Å². The van der Waals surface area contributed by atoms with Crippen LogP contribution >= 0.6 is 0 Å². The Balaban J connectivity index is 1.25. The molecule has 0 aliphatic carbocycles. The number of hydrogen-bond acceptors (Lipinski definition) is 0. The molecule has 2 nitrogen and oxygen atoms in total. The fraction of sp³-hybridized carbons (Fsp3) is 0.0811. The molecular weight excluding hydrogens is 472 g/mol. The van der Waals surface area contributed by atoms with E-state index in [9.17, 15) is 0 Å². The summed E-state index contributed by atoms with van der Waals surface area (Å²) >= 11 is 0. The van der Waals surface area contributed by atoms with E-state index < -0.39 is 0 Å². The maximum absolute atomic E-state index is 2.44. The molecule has 2 heterocycles. The van der Waals surface area contributed by atoms with Gasteiger partial charge in [0, 0.05) is 44.3 Å². The first-order valence-electron chi connectivity index (χ1n) is 13.6. The molecule has 2 heteroatoms. The van der Waals surface area contributed by atoms with E-state index in [2.05, 4.69) is 163 Å². The highest BCUT2D eigenvalue weighted by molar-refractivity contribution is 6.10. The van der Waals surface area contributed by atoms with Crippen LogP contribution in [0.2, 0.25) is 0 Å². The van der Waals surface area contributed by atoms with E-state index in [4.69, 9.17) is 0 Å². The molecule has 0 spiro atoms. The SMILES string of the molecule is C/C(=C\C=C/[C@H](C)n1c2ccccc2c2ccccc21)c1ccc2c(c1)c1ccccc1n2-c1ccccc1. The van der Waals surface area contributed by atoms with Crippen molar-refractivity contribution >= 4 is 49.2 Å². The summed E-state index contributed by atoms with van der Waals surface area (Å²) in [6.45, 7) is 4.47. The summed E-state index contributed by atoms with van der Waals surface area (Å²) in [5.74, 6) is 0. The van der Waals surface area contributed by atoms with Crippen molar-refractivity contribution in [3.63, 3.8) is 0 Å². The molecule has 7 aromatic rings. The van der Waals surface area contributed by atoms with Crippen molar-refractivity contribution < 1.29 is 0 Å². The predicted octanol–water partition coefficient (Wildman–Crippen LogP) is 10.1. The van der Waals surface area contributed by atoms with E-state index in [0.717, 1.165) is 0 Å². The highest BCUT2D eigenvalue weighted by Gasteiger charge is 2.14. The van der Waals surface area contributed by atoms with Crippen molar-refractivity contribution in [2.24, 2.45) is 0 Å². The van der Waals surface area contributed by atoms with E-state index in [1.807, 2.05) is 0 Å². The maximum Gasteiger partial charge on any atom is 0.0541 e. The third kappa shape index (κ3) is 3.88. The lowest BCUT2D eigenvalue weighted by Crippen LogP contribution is -2.01. The van der Waals surface area contributed by atoms with Crippen LogP contribution in [0.3, 0.4) is 0 Å². The first-order valence-corrected chi connectivity index (χ1v) is 13.6. The fourth-order valence-corrected chi connectivity index (χ4v) is 6.01. The predicted molar refractivity (Wildman–Crippen MR) is 168 cm³/mol. The lowest BCUT2D eigenvalue weighted by molar-refractivity contribution is 0.710. The van der Waals surface area contributed by atoms with Crippen LogP contribution in [0.4, 0.5) is 0 Å². The zero-order chi connectivity index (χ0) is 26.3. The van der Waals surface area contributed by atoms with E-state index in [1.54, 1.807) is 0 Å². The monoisotopic (exact) mass is 502 g/mol. The standard InChI is InChI=1S/C37H30N2/c1-26(13-12-14-27(2)38-34-20-9-6-17-30(34)31-18-7-10-21-35(31)38)28-23-24-37-33(25-28)32-19-8-11-22-36(32)39(37)29-15-4-3-5-16-29/h3-25,27H,1-2H3/b14-12-,26-13+/t27-/m0/s1. The molecule has 0 N–H and O–H groups in total. The first-order chi connectivity index (χ1) is 19.2. The van der Waals surface area contributed by atoms with Gasteiger partial charge in [0.15, 0.2) is 0 Å². The Morgan fingerprint density at radius 3 is 1.79 bits per heavy atom. The fourth-order valence-electron chi connectivity index (χ4n) is 6.01.